The molecule has 1 atom stereocenters. The van der Waals surface area contributed by atoms with Crippen molar-refractivity contribution < 1.29 is 4.39 Å². The first-order chi connectivity index (χ1) is 9.93. The molecule has 0 spiro atoms. The van der Waals surface area contributed by atoms with Crippen molar-refractivity contribution in [2.45, 2.75) is 13.0 Å². The number of halogens is 2. The van der Waals surface area contributed by atoms with E-state index in [1.54, 1.807) is 18.2 Å². The number of thiocarbonyl (C=S) groups is 1. The molecule has 0 saturated carbocycles. The Balaban J connectivity index is 2.46. The first kappa shape index (κ1) is 15.7. The minimum absolute atomic E-state index is 0.183. The fraction of sp³-hybridized carbons (Fsp3) is 0.188. The van der Waals surface area contributed by atoms with Crippen molar-refractivity contribution in [1.29, 1.82) is 0 Å². The molecule has 0 aliphatic carbocycles. The molecule has 0 heterocycles. The van der Waals surface area contributed by atoms with Gasteiger partial charge in [-0.3, -0.25) is 0 Å². The predicted molar refractivity (Wildman–Crippen MR) is 90.6 cm³/mol. The Morgan fingerprint density at radius 2 is 1.90 bits per heavy atom. The van der Waals surface area contributed by atoms with Crippen molar-refractivity contribution in [3.05, 3.63) is 64.4 Å². The summed E-state index contributed by atoms with van der Waals surface area (Å²) in [6.45, 7) is 1.92. The summed E-state index contributed by atoms with van der Waals surface area (Å²) in [5.41, 5.74) is 7.77. The van der Waals surface area contributed by atoms with E-state index in [1.165, 1.54) is 6.07 Å². The number of benzene rings is 2. The van der Waals surface area contributed by atoms with Crippen LogP contribution in [-0.4, -0.2) is 12.0 Å². The van der Waals surface area contributed by atoms with Crippen LogP contribution in [0.25, 0.3) is 0 Å². The summed E-state index contributed by atoms with van der Waals surface area (Å²) in [4.78, 5) is 2.14. The van der Waals surface area contributed by atoms with Crippen LogP contribution in [0.1, 0.15) is 24.1 Å². The average molecular weight is 323 g/mol. The quantitative estimate of drug-likeness (QED) is 0.850. The van der Waals surface area contributed by atoms with Gasteiger partial charge in [0.05, 0.1) is 16.6 Å². The van der Waals surface area contributed by atoms with E-state index in [9.17, 15) is 4.39 Å². The minimum Gasteiger partial charge on any atom is -0.389 e. The van der Waals surface area contributed by atoms with Crippen LogP contribution in [0.2, 0.25) is 5.02 Å². The molecule has 0 fully saturated rings. The Morgan fingerprint density at radius 1 is 1.24 bits per heavy atom. The number of hydrogen-bond acceptors (Lipinski definition) is 2. The summed E-state index contributed by atoms with van der Waals surface area (Å²) in [6.07, 6.45) is 0. The lowest BCUT2D eigenvalue weighted by atomic mass is 10.0. The summed E-state index contributed by atoms with van der Waals surface area (Å²) in [5.74, 6) is -0.240. The fourth-order valence-corrected chi connectivity index (χ4v) is 2.82. The molecular weight excluding hydrogens is 307 g/mol. The number of anilines is 1. The molecule has 2 aromatic carbocycles. The Kier molecular flexibility index (Phi) is 4.80. The SMILES string of the molecule is CC(c1ccccc1F)N(C)c1cccc(Cl)c1C(N)=S. The Morgan fingerprint density at radius 3 is 2.52 bits per heavy atom. The van der Waals surface area contributed by atoms with Gasteiger partial charge in [-0.1, -0.05) is 48.1 Å². The molecule has 21 heavy (non-hydrogen) atoms. The van der Waals surface area contributed by atoms with Crippen LogP contribution in [0.4, 0.5) is 10.1 Å². The molecule has 2 nitrogen and oxygen atoms in total. The molecule has 110 valence electrons. The molecule has 5 heteroatoms. The van der Waals surface area contributed by atoms with E-state index in [-0.39, 0.29) is 16.8 Å². The Labute approximate surface area is 134 Å². The van der Waals surface area contributed by atoms with Gasteiger partial charge in [0.1, 0.15) is 10.8 Å². The predicted octanol–water partition coefficient (Wildman–Crippen LogP) is 4.31. The zero-order valence-corrected chi connectivity index (χ0v) is 13.4. The topological polar surface area (TPSA) is 29.3 Å². The standard InChI is InChI=1S/C16H16ClFN2S/c1-10(11-6-3-4-8-13(11)18)20(2)14-9-5-7-12(17)15(14)16(19)21/h3-10H,1-2H3,(H2,19,21). The van der Waals surface area contributed by atoms with Crippen LogP contribution in [0.5, 0.6) is 0 Å². The highest BCUT2D eigenvalue weighted by atomic mass is 35.5. The van der Waals surface area contributed by atoms with Crippen LogP contribution in [-0.2, 0) is 0 Å². The number of nitrogens with two attached hydrogens (primary N) is 1. The van der Waals surface area contributed by atoms with E-state index in [0.717, 1.165) is 5.69 Å². The van der Waals surface area contributed by atoms with E-state index in [1.807, 2.05) is 37.1 Å². The molecule has 0 bridgehead atoms. The van der Waals surface area contributed by atoms with Gasteiger partial charge in [0.2, 0.25) is 0 Å². The van der Waals surface area contributed by atoms with Gasteiger partial charge in [-0.2, -0.15) is 0 Å². The summed E-state index contributed by atoms with van der Waals surface area (Å²) in [5, 5.41) is 0.493. The second-order valence-corrected chi connectivity index (χ2v) is 5.65. The zero-order chi connectivity index (χ0) is 15.6. The third-order valence-corrected chi connectivity index (χ3v) is 4.07. The van der Waals surface area contributed by atoms with Crippen LogP contribution < -0.4 is 10.6 Å². The number of hydrogen-bond donors (Lipinski definition) is 1. The molecule has 2 N–H and O–H groups in total. The maximum atomic E-state index is 14.0. The van der Waals surface area contributed by atoms with Crippen molar-refractivity contribution in [2.75, 3.05) is 11.9 Å². The second kappa shape index (κ2) is 6.41. The summed E-state index contributed by atoms with van der Waals surface area (Å²) >= 11 is 11.3. The maximum Gasteiger partial charge on any atom is 0.128 e. The highest BCUT2D eigenvalue weighted by Gasteiger charge is 2.20. The Hall–Kier alpha value is -1.65. The van der Waals surface area contributed by atoms with E-state index in [2.05, 4.69) is 0 Å². The van der Waals surface area contributed by atoms with Crippen molar-refractivity contribution in [3.63, 3.8) is 0 Å². The normalized spacial score (nSPS) is 12.0. The van der Waals surface area contributed by atoms with E-state index in [4.69, 9.17) is 29.6 Å². The molecule has 0 radical (unpaired) electrons. The summed E-state index contributed by atoms with van der Waals surface area (Å²) < 4.78 is 14.0. The van der Waals surface area contributed by atoms with Gasteiger partial charge < -0.3 is 10.6 Å². The van der Waals surface area contributed by atoms with Crippen molar-refractivity contribution in [2.24, 2.45) is 5.73 Å². The molecule has 2 aromatic rings. The Bertz CT molecular complexity index is 675. The number of nitrogens with zero attached hydrogens (tertiary/aromatic N) is 1. The van der Waals surface area contributed by atoms with Crippen molar-refractivity contribution in [3.8, 4) is 0 Å². The average Bonchev–Trinajstić information content (AvgIpc) is 2.45. The molecule has 0 saturated heterocycles. The lowest BCUT2D eigenvalue weighted by molar-refractivity contribution is 0.585. The van der Waals surface area contributed by atoms with E-state index in [0.29, 0.717) is 16.1 Å². The van der Waals surface area contributed by atoms with Gasteiger partial charge in [0, 0.05) is 18.3 Å². The summed E-state index contributed by atoms with van der Waals surface area (Å²) in [6, 6.07) is 12.0. The summed E-state index contributed by atoms with van der Waals surface area (Å²) in [7, 11) is 1.87. The molecule has 0 aliphatic rings. The number of rotatable bonds is 4. The smallest absolute Gasteiger partial charge is 0.128 e. The lowest BCUT2D eigenvalue weighted by Crippen LogP contribution is -2.25. The highest BCUT2D eigenvalue weighted by Crippen LogP contribution is 2.32. The molecule has 2 rings (SSSR count). The lowest BCUT2D eigenvalue weighted by Gasteiger charge is -2.29. The second-order valence-electron chi connectivity index (χ2n) is 4.81. The van der Waals surface area contributed by atoms with Crippen LogP contribution in [0.3, 0.4) is 0 Å². The van der Waals surface area contributed by atoms with E-state index < -0.39 is 0 Å². The van der Waals surface area contributed by atoms with Gasteiger partial charge in [0.25, 0.3) is 0 Å². The molecule has 1 unspecified atom stereocenters. The van der Waals surface area contributed by atoms with E-state index >= 15 is 0 Å². The van der Waals surface area contributed by atoms with Gasteiger partial charge in [-0.15, -0.1) is 0 Å². The van der Waals surface area contributed by atoms with Crippen LogP contribution in [0.15, 0.2) is 42.5 Å². The first-order valence-electron chi connectivity index (χ1n) is 6.49. The van der Waals surface area contributed by atoms with Gasteiger partial charge in [-0.25, -0.2) is 4.39 Å². The van der Waals surface area contributed by atoms with Gasteiger partial charge in [-0.05, 0) is 25.1 Å². The maximum absolute atomic E-state index is 14.0. The van der Waals surface area contributed by atoms with Gasteiger partial charge >= 0.3 is 0 Å². The minimum atomic E-state index is -0.240. The molecule has 0 aromatic heterocycles. The van der Waals surface area contributed by atoms with Crippen molar-refractivity contribution in [1.82, 2.24) is 0 Å². The molecule has 0 aliphatic heterocycles. The molecule has 0 amide bonds. The molecular formula is C16H16ClFN2S. The first-order valence-corrected chi connectivity index (χ1v) is 7.27. The third kappa shape index (κ3) is 3.17. The van der Waals surface area contributed by atoms with Crippen molar-refractivity contribution >= 4 is 34.5 Å². The largest absolute Gasteiger partial charge is 0.389 e. The van der Waals surface area contributed by atoms with Crippen LogP contribution >= 0.6 is 23.8 Å². The fourth-order valence-electron chi connectivity index (χ4n) is 2.28. The third-order valence-electron chi connectivity index (χ3n) is 3.55. The monoisotopic (exact) mass is 322 g/mol. The van der Waals surface area contributed by atoms with Crippen LogP contribution in [0, 0.1) is 5.82 Å². The zero-order valence-electron chi connectivity index (χ0n) is 11.8. The van der Waals surface area contributed by atoms with Gasteiger partial charge in [0.15, 0.2) is 0 Å². The highest BCUT2D eigenvalue weighted by molar-refractivity contribution is 7.80.